The van der Waals surface area contributed by atoms with E-state index >= 15 is 0 Å². The van der Waals surface area contributed by atoms with Gasteiger partial charge in [0.2, 0.25) is 0 Å². The average Bonchev–Trinajstić information content (AvgIpc) is 3.15. The maximum atomic E-state index is 13.3. The molecule has 1 aliphatic rings. The lowest BCUT2D eigenvalue weighted by Gasteiger charge is -2.29. The van der Waals surface area contributed by atoms with Crippen molar-refractivity contribution in [1.29, 1.82) is 0 Å². The number of amides is 2. The zero-order chi connectivity index (χ0) is 22.1. The number of hydrogen-bond donors (Lipinski definition) is 1. The second kappa shape index (κ2) is 8.47. The van der Waals surface area contributed by atoms with Gasteiger partial charge in [0.15, 0.2) is 5.11 Å². The molecule has 0 bridgehead atoms. The third-order valence-corrected chi connectivity index (χ3v) is 6.13. The van der Waals surface area contributed by atoms with Crippen molar-refractivity contribution in [3.63, 3.8) is 0 Å². The van der Waals surface area contributed by atoms with Gasteiger partial charge in [-0.05, 0) is 61.8 Å². The van der Waals surface area contributed by atoms with Crippen molar-refractivity contribution >= 4 is 51.8 Å². The zero-order valence-corrected chi connectivity index (χ0v) is 18.7. The maximum Gasteiger partial charge on any atom is 0.270 e. The van der Waals surface area contributed by atoms with Crippen LogP contribution in [0.5, 0.6) is 0 Å². The first kappa shape index (κ1) is 21.0. The third kappa shape index (κ3) is 3.79. The van der Waals surface area contributed by atoms with Gasteiger partial charge >= 0.3 is 0 Å². The predicted octanol–water partition coefficient (Wildman–Crippen LogP) is 5.01. The monoisotopic (exact) mass is 431 g/mol. The lowest BCUT2D eigenvalue weighted by Crippen LogP contribution is -2.54. The van der Waals surface area contributed by atoms with Gasteiger partial charge < -0.3 is 4.57 Å². The number of thiocarbonyl (C=S) groups is 1. The van der Waals surface area contributed by atoms with Crippen LogP contribution in [0, 0.1) is 0 Å². The molecule has 2 heterocycles. The van der Waals surface area contributed by atoms with E-state index in [4.69, 9.17) is 12.2 Å². The Morgan fingerprint density at radius 3 is 2.45 bits per heavy atom. The fourth-order valence-corrected chi connectivity index (χ4v) is 4.12. The van der Waals surface area contributed by atoms with Gasteiger partial charge in [-0.2, -0.15) is 0 Å². The Labute approximate surface area is 187 Å². The van der Waals surface area contributed by atoms with E-state index in [9.17, 15) is 9.59 Å². The number of carbonyl (C=O) groups excluding carboxylic acids is 2. The van der Waals surface area contributed by atoms with Gasteiger partial charge in [-0.15, -0.1) is 0 Å². The first-order chi connectivity index (χ1) is 14.9. The molecule has 3 aromatic rings. The molecule has 4 rings (SSSR count). The number of rotatable bonds is 5. The highest BCUT2D eigenvalue weighted by Gasteiger charge is 2.34. The topological polar surface area (TPSA) is 54.3 Å². The van der Waals surface area contributed by atoms with E-state index < -0.39 is 11.8 Å². The number of nitrogens with one attached hydrogen (secondary N) is 1. The molecule has 0 spiro atoms. The summed E-state index contributed by atoms with van der Waals surface area (Å²) in [6.07, 6.45) is 5.57. The van der Waals surface area contributed by atoms with Gasteiger partial charge in [-0.25, -0.2) is 0 Å². The second-order valence-corrected chi connectivity index (χ2v) is 8.13. The predicted molar refractivity (Wildman–Crippen MR) is 129 cm³/mol. The van der Waals surface area contributed by atoms with Crippen molar-refractivity contribution < 1.29 is 9.59 Å². The Morgan fingerprint density at radius 2 is 1.77 bits per heavy atom. The highest BCUT2D eigenvalue weighted by atomic mass is 32.1. The lowest BCUT2D eigenvalue weighted by molar-refractivity contribution is -0.122. The Hall–Kier alpha value is -3.25. The van der Waals surface area contributed by atoms with E-state index in [1.54, 1.807) is 6.08 Å². The first-order valence-electron chi connectivity index (χ1n) is 10.5. The summed E-state index contributed by atoms with van der Waals surface area (Å²) >= 11 is 5.31. The van der Waals surface area contributed by atoms with E-state index in [-0.39, 0.29) is 10.7 Å². The third-order valence-electron chi connectivity index (χ3n) is 5.84. The van der Waals surface area contributed by atoms with Crippen LogP contribution < -0.4 is 10.2 Å². The van der Waals surface area contributed by atoms with Gasteiger partial charge in [0.1, 0.15) is 5.57 Å². The Bertz CT molecular complexity index is 1210. The van der Waals surface area contributed by atoms with Crippen molar-refractivity contribution in [2.75, 3.05) is 4.90 Å². The van der Waals surface area contributed by atoms with Crippen LogP contribution in [0.15, 0.2) is 60.3 Å². The summed E-state index contributed by atoms with van der Waals surface area (Å²) < 4.78 is 2.19. The number of benzene rings is 2. The normalized spacial score (nSPS) is 16.8. The Morgan fingerprint density at radius 1 is 1.06 bits per heavy atom. The van der Waals surface area contributed by atoms with Crippen molar-refractivity contribution in [2.24, 2.45) is 0 Å². The Balaban J connectivity index is 1.79. The molecule has 0 saturated carbocycles. The van der Waals surface area contributed by atoms with Crippen molar-refractivity contribution in [3.8, 4) is 0 Å². The van der Waals surface area contributed by atoms with Gasteiger partial charge in [-0.3, -0.25) is 19.8 Å². The number of hydrogen-bond acceptors (Lipinski definition) is 3. The van der Waals surface area contributed by atoms with Crippen LogP contribution >= 0.6 is 12.2 Å². The molecule has 1 N–H and O–H groups in total. The van der Waals surface area contributed by atoms with Crippen molar-refractivity contribution in [1.82, 2.24) is 9.88 Å². The molecule has 0 aliphatic carbocycles. The van der Waals surface area contributed by atoms with Gasteiger partial charge in [-0.1, -0.05) is 44.2 Å². The average molecular weight is 432 g/mol. The van der Waals surface area contributed by atoms with Crippen molar-refractivity contribution in [2.45, 2.75) is 39.7 Å². The molecule has 6 heteroatoms. The summed E-state index contributed by atoms with van der Waals surface area (Å²) in [4.78, 5) is 27.4. The van der Waals surface area contributed by atoms with Gasteiger partial charge in [0.25, 0.3) is 11.8 Å². The maximum absolute atomic E-state index is 13.3. The van der Waals surface area contributed by atoms with E-state index in [1.165, 1.54) is 4.90 Å². The molecule has 1 fully saturated rings. The van der Waals surface area contributed by atoms with E-state index in [1.807, 2.05) is 48.7 Å². The fourth-order valence-electron chi connectivity index (χ4n) is 3.84. The molecule has 1 atom stereocenters. The summed E-state index contributed by atoms with van der Waals surface area (Å²) in [6.45, 7) is 6.36. The number of aryl methyl sites for hydroxylation is 1. The molecule has 2 aromatic carbocycles. The van der Waals surface area contributed by atoms with Crippen LogP contribution in [0.2, 0.25) is 0 Å². The first-order valence-corrected chi connectivity index (χ1v) is 10.9. The summed E-state index contributed by atoms with van der Waals surface area (Å²) in [5.41, 5.74) is 3.79. The molecule has 2 amide bonds. The molecule has 1 aliphatic heterocycles. The van der Waals surface area contributed by atoms with Crippen LogP contribution in [0.4, 0.5) is 5.69 Å². The number of nitrogens with zero attached hydrogens (tertiary/aromatic N) is 2. The van der Waals surface area contributed by atoms with Gasteiger partial charge in [0.05, 0.1) is 5.69 Å². The SMILES string of the molecule is CCc1ccc(N2C(=O)C(=Cc3cn(C(C)CC)c4ccccc34)C(=O)NC2=S)cc1. The van der Waals surface area contributed by atoms with Crippen LogP contribution in [-0.4, -0.2) is 21.5 Å². The summed E-state index contributed by atoms with van der Waals surface area (Å²) in [5.74, 6) is -0.893. The lowest BCUT2D eigenvalue weighted by atomic mass is 10.1. The number of aromatic nitrogens is 1. The molecule has 1 saturated heterocycles. The number of fused-ring (bicyclic) bond motifs is 1. The highest BCUT2D eigenvalue weighted by Crippen LogP contribution is 2.29. The van der Waals surface area contributed by atoms with E-state index in [0.717, 1.165) is 34.9 Å². The molecular formula is C25H25N3O2S. The molecule has 1 aromatic heterocycles. The number of carbonyl (C=O) groups is 2. The number of anilines is 1. The molecule has 158 valence electrons. The van der Waals surface area contributed by atoms with Crippen LogP contribution in [0.3, 0.4) is 0 Å². The van der Waals surface area contributed by atoms with Gasteiger partial charge in [0, 0.05) is 28.7 Å². The summed E-state index contributed by atoms with van der Waals surface area (Å²) in [6, 6.07) is 16.0. The molecule has 1 unspecified atom stereocenters. The largest absolute Gasteiger partial charge is 0.344 e. The summed E-state index contributed by atoms with van der Waals surface area (Å²) in [5, 5.41) is 3.77. The van der Waals surface area contributed by atoms with Crippen LogP contribution in [-0.2, 0) is 16.0 Å². The quantitative estimate of drug-likeness (QED) is 0.351. The second-order valence-electron chi connectivity index (χ2n) is 7.74. The molecule has 5 nitrogen and oxygen atoms in total. The number of para-hydroxylation sites is 1. The minimum atomic E-state index is -0.475. The standard InChI is InChI=1S/C25H25N3O2S/c1-4-16(3)27-15-18(20-8-6-7-9-22(20)27)14-21-23(29)26-25(31)28(24(21)30)19-12-10-17(5-2)11-13-19/h6-16H,4-5H2,1-3H3,(H,26,29,31). The molecular weight excluding hydrogens is 406 g/mol. The molecule has 0 radical (unpaired) electrons. The zero-order valence-electron chi connectivity index (χ0n) is 17.9. The van der Waals surface area contributed by atoms with Crippen LogP contribution in [0.25, 0.3) is 17.0 Å². The smallest absolute Gasteiger partial charge is 0.270 e. The van der Waals surface area contributed by atoms with Crippen LogP contribution in [0.1, 0.15) is 44.4 Å². The molecule has 31 heavy (non-hydrogen) atoms. The minimum Gasteiger partial charge on any atom is -0.344 e. The highest BCUT2D eigenvalue weighted by molar-refractivity contribution is 7.80. The fraction of sp³-hybridized carbons (Fsp3) is 0.240. The van der Waals surface area contributed by atoms with E-state index in [2.05, 4.69) is 36.7 Å². The summed E-state index contributed by atoms with van der Waals surface area (Å²) in [7, 11) is 0. The van der Waals surface area contributed by atoms with E-state index in [0.29, 0.717) is 11.7 Å². The van der Waals surface area contributed by atoms with Crippen molar-refractivity contribution in [3.05, 3.63) is 71.4 Å². The minimum absolute atomic E-state index is 0.0697. The Kier molecular flexibility index (Phi) is 5.74.